The molecule has 20 heavy (non-hydrogen) atoms. The van der Waals surface area contributed by atoms with Gasteiger partial charge in [0.2, 0.25) is 5.91 Å². The van der Waals surface area contributed by atoms with E-state index in [9.17, 15) is 9.59 Å². The third kappa shape index (κ3) is 4.26. The van der Waals surface area contributed by atoms with E-state index in [2.05, 4.69) is 10.6 Å². The van der Waals surface area contributed by atoms with Crippen molar-refractivity contribution in [3.05, 3.63) is 29.8 Å². The van der Waals surface area contributed by atoms with Crippen molar-refractivity contribution in [2.24, 2.45) is 0 Å². The number of carbonyl (C=O) groups is 2. The quantitative estimate of drug-likeness (QED) is 0.884. The van der Waals surface area contributed by atoms with E-state index in [1.807, 2.05) is 36.1 Å². The third-order valence-corrected chi connectivity index (χ3v) is 3.36. The molecule has 1 fully saturated rings. The Bertz CT molecular complexity index is 482. The molecule has 3 amide bonds. The van der Waals surface area contributed by atoms with Crippen LogP contribution in [0.4, 0.5) is 10.5 Å². The van der Waals surface area contributed by atoms with E-state index in [-0.39, 0.29) is 11.9 Å². The highest BCUT2D eigenvalue weighted by atomic mass is 16.2. The molecular formula is C15H21N3O2. The van der Waals surface area contributed by atoms with E-state index in [1.54, 1.807) is 0 Å². The molecule has 0 radical (unpaired) electrons. The minimum atomic E-state index is -0.273. The van der Waals surface area contributed by atoms with E-state index in [0.717, 1.165) is 37.2 Å². The Morgan fingerprint density at radius 3 is 2.70 bits per heavy atom. The zero-order chi connectivity index (χ0) is 14.4. The number of urea groups is 1. The zero-order valence-corrected chi connectivity index (χ0v) is 11.8. The highest BCUT2D eigenvalue weighted by Crippen LogP contribution is 2.09. The Hall–Kier alpha value is -2.04. The minimum absolute atomic E-state index is 0.123. The molecule has 5 nitrogen and oxygen atoms in total. The molecule has 2 rings (SSSR count). The number of anilines is 1. The molecule has 108 valence electrons. The van der Waals surface area contributed by atoms with Crippen LogP contribution < -0.4 is 10.6 Å². The van der Waals surface area contributed by atoms with Gasteiger partial charge < -0.3 is 15.5 Å². The fraction of sp³-hybridized carbons (Fsp3) is 0.467. The molecule has 0 bridgehead atoms. The number of amides is 3. The fourth-order valence-corrected chi connectivity index (χ4v) is 2.31. The van der Waals surface area contributed by atoms with Crippen molar-refractivity contribution in [1.29, 1.82) is 0 Å². The number of rotatable bonds is 4. The second kappa shape index (κ2) is 6.93. The van der Waals surface area contributed by atoms with Crippen LogP contribution in [0.15, 0.2) is 24.3 Å². The molecule has 1 aromatic rings. The molecular weight excluding hydrogens is 254 g/mol. The molecule has 1 aliphatic rings. The van der Waals surface area contributed by atoms with Crippen molar-refractivity contribution in [2.45, 2.75) is 26.2 Å². The van der Waals surface area contributed by atoms with Crippen molar-refractivity contribution in [3.63, 3.8) is 0 Å². The van der Waals surface area contributed by atoms with Gasteiger partial charge in [0.1, 0.15) is 0 Å². The molecule has 1 saturated heterocycles. The van der Waals surface area contributed by atoms with Crippen molar-refractivity contribution in [3.8, 4) is 0 Å². The largest absolute Gasteiger partial charge is 0.343 e. The molecule has 1 aliphatic heterocycles. The van der Waals surface area contributed by atoms with Gasteiger partial charge in [0.25, 0.3) is 0 Å². The fourth-order valence-electron chi connectivity index (χ4n) is 2.31. The lowest BCUT2D eigenvalue weighted by atomic mass is 10.2. The van der Waals surface area contributed by atoms with E-state index >= 15 is 0 Å². The maximum Gasteiger partial charge on any atom is 0.319 e. The Morgan fingerprint density at radius 1 is 1.25 bits per heavy atom. The van der Waals surface area contributed by atoms with E-state index in [4.69, 9.17) is 0 Å². The molecule has 2 N–H and O–H groups in total. The number of nitrogens with one attached hydrogen (secondary N) is 2. The molecule has 0 unspecified atom stereocenters. The maximum atomic E-state index is 11.8. The summed E-state index contributed by atoms with van der Waals surface area (Å²) in [6.07, 6.45) is 2.54. The molecule has 1 heterocycles. The lowest BCUT2D eigenvalue weighted by Crippen LogP contribution is -2.34. The average molecular weight is 275 g/mol. The smallest absolute Gasteiger partial charge is 0.319 e. The summed E-state index contributed by atoms with van der Waals surface area (Å²) in [5, 5.41) is 5.46. The van der Waals surface area contributed by atoms with Crippen LogP contribution in [0.3, 0.4) is 0 Å². The van der Waals surface area contributed by atoms with Crippen LogP contribution in [0.25, 0.3) is 0 Å². The minimum Gasteiger partial charge on any atom is -0.343 e. The lowest BCUT2D eigenvalue weighted by Gasteiger charge is -2.15. The summed E-state index contributed by atoms with van der Waals surface area (Å²) < 4.78 is 0. The summed E-state index contributed by atoms with van der Waals surface area (Å²) in [6, 6.07) is 7.32. The van der Waals surface area contributed by atoms with Crippen molar-refractivity contribution >= 4 is 17.6 Å². The van der Waals surface area contributed by atoms with Crippen LogP contribution >= 0.6 is 0 Å². The van der Waals surface area contributed by atoms with Crippen LogP contribution in [-0.2, 0) is 4.79 Å². The van der Waals surface area contributed by atoms with Gasteiger partial charge in [-0.1, -0.05) is 12.1 Å². The number of hydrogen-bond donors (Lipinski definition) is 2. The Balaban J connectivity index is 1.68. The zero-order valence-electron chi connectivity index (χ0n) is 11.8. The summed E-state index contributed by atoms with van der Waals surface area (Å²) in [5.74, 6) is 0.123. The van der Waals surface area contributed by atoms with Gasteiger partial charge in [-0.2, -0.15) is 0 Å². The third-order valence-electron chi connectivity index (χ3n) is 3.36. The van der Waals surface area contributed by atoms with Gasteiger partial charge in [-0.05, 0) is 37.5 Å². The molecule has 0 aromatic heterocycles. The first-order chi connectivity index (χ1) is 9.65. The number of likely N-dealkylation sites (tertiary alicyclic amines) is 1. The van der Waals surface area contributed by atoms with Gasteiger partial charge in [0.15, 0.2) is 0 Å². The number of hydrogen-bond acceptors (Lipinski definition) is 2. The monoisotopic (exact) mass is 275 g/mol. The van der Waals surface area contributed by atoms with Gasteiger partial charge >= 0.3 is 6.03 Å². The van der Waals surface area contributed by atoms with E-state index in [0.29, 0.717) is 13.0 Å². The van der Waals surface area contributed by atoms with E-state index < -0.39 is 0 Å². The Labute approximate surface area is 119 Å². The standard InChI is InChI=1S/C15H21N3O2/c1-12-5-4-6-13(11-12)17-15(20)16-8-7-14(19)18-9-2-3-10-18/h4-6,11H,2-3,7-10H2,1H3,(H2,16,17,20). The van der Waals surface area contributed by atoms with Crippen LogP contribution in [0.5, 0.6) is 0 Å². The highest BCUT2D eigenvalue weighted by Gasteiger charge is 2.17. The molecule has 0 aliphatic carbocycles. The van der Waals surface area contributed by atoms with Crippen LogP contribution in [0.1, 0.15) is 24.8 Å². The van der Waals surface area contributed by atoms with Crippen LogP contribution in [0, 0.1) is 6.92 Å². The van der Waals surface area contributed by atoms with Gasteiger partial charge in [-0.3, -0.25) is 4.79 Å². The number of benzene rings is 1. The highest BCUT2D eigenvalue weighted by molar-refractivity contribution is 5.89. The van der Waals surface area contributed by atoms with E-state index in [1.165, 1.54) is 0 Å². The predicted molar refractivity (Wildman–Crippen MR) is 78.6 cm³/mol. The first kappa shape index (κ1) is 14.4. The summed E-state index contributed by atoms with van der Waals surface area (Å²) in [5.41, 5.74) is 1.85. The van der Waals surface area contributed by atoms with Crippen molar-refractivity contribution in [1.82, 2.24) is 10.2 Å². The normalized spacial score (nSPS) is 14.2. The van der Waals surface area contributed by atoms with Gasteiger partial charge in [0, 0.05) is 31.7 Å². The van der Waals surface area contributed by atoms with Crippen molar-refractivity contribution < 1.29 is 9.59 Å². The van der Waals surface area contributed by atoms with Gasteiger partial charge in [-0.25, -0.2) is 4.79 Å². The molecule has 1 aromatic carbocycles. The van der Waals surface area contributed by atoms with Gasteiger partial charge in [-0.15, -0.1) is 0 Å². The Morgan fingerprint density at radius 2 is 2.00 bits per heavy atom. The molecule has 0 saturated carbocycles. The first-order valence-electron chi connectivity index (χ1n) is 7.04. The number of nitrogens with zero attached hydrogens (tertiary/aromatic N) is 1. The summed E-state index contributed by atoms with van der Waals surface area (Å²) in [4.78, 5) is 25.3. The summed E-state index contributed by atoms with van der Waals surface area (Å²) in [7, 11) is 0. The van der Waals surface area contributed by atoms with Crippen molar-refractivity contribution in [2.75, 3.05) is 25.0 Å². The summed E-state index contributed by atoms with van der Waals surface area (Å²) in [6.45, 7) is 4.05. The summed E-state index contributed by atoms with van der Waals surface area (Å²) >= 11 is 0. The molecule has 0 atom stereocenters. The first-order valence-corrected chi connectivity index (χ1v) is 7.04. The predicted octanol–water partition coefficient (Wildman–Crippen LogP) is 2.13. The maximum absolute atomic E-state index is 11.8. The second-order valence-corrected chi connectivity index (χ2v) is 5.09. The SMILES string of the molecule is Cc1cccc(NC(=O)NCCC(=O)N2CCCC2)c1. The Kier molecular flexibility index (Phi) is 4.98. The topological polar surface area (TPSA) is 61.4 Å². The number of aryl methyl sites for hydroxylation is 1. The molecule has 5 heteroatoms. The number of carbonyl (C=O) groups excluding carboxylic acids is 2. The lowest BCUT2D eigenvalue weighted by molar-refractivity contribution is -0.129. The molecule has 0 spiro atoms. The average Bonchev–Trinajstić information content (AvgIpc) is 2.92. The van der Waals surface area contributed by atoms with Crippen LogP contribution in [0.2, 0.25) is 0 Å². The van der Waals surface area contributed by atoms with Gasteiger partial charge in [0.05, 0.1) is 0 Å². The second-order valence-electron chi connectivity index (χ2n) is 5.09. The van der Waals surface area contributed by atoms with Crippen LogP contribution in [-0.4, -0.2) is 36.5 Å².